The second-order valence-corrected chi connectivity index (χ2v) is 6.95. The molecule has 2 heteroatoms. The lowest BCUT2D eigenvalue weighted by Crippen LogP contribution is -2.50. The molecule has 0 spiro atoms. The lowest BCUT2D eigenvalue weighted by Gasteiger charge is -2.42. The normalized spacial score (nSPS) is 22.6. The molecule has 0 aromatic heterocycles. The molecule has 1 saturated heterocycles. The van der Waals surface area contributed by atoms with Crippen molar-refractivity contribution in [3.63, 3.8) is 0 Å². The first-order valence-corrected chi connectivity index (χ1v) is 6.86. The zero-order chi connectivity index (χ0) is 13.4. The van der Waals surface area contributed by atoms with E-state index < -0.39 is 0 Å². The van der Waals surface area contributed by atoms with E-state index in [1.165, 1.54) is 11.3 Å². The third-order valence-corrected chi connectivity index (χ3v) is 3.88. The maximum Gasteiger partial charge on any atom is 0.0470 e. The van der Waals surface area contributed by atoms with Gasteiger partial charge in [-0.2, -0.15) is 0 Å². The van der Waals surface area contributed by atoms with Crippen LogP contribution in [0.4, 0.5) is 5.69 Å². The van der Waals surface area contributed by atoms with E-state index in [1.807, 2.05) is 0 Å². The lowest BCUT2D eigenvalue weighted by atomic mass is 9.91. The fourth-order valence-corrected chi connectivity index (χ4v) is 2.78. The molecule has 0 aliphatic carbocycles. The van der Waals surface area contributed by atoms with E-state index in [0.29, 0.717) is 5.41 Å². The molecule has 0 radical (unpaired) electrons. The smallest absolute Gasteiger partial charge is 0.0470 e. The summed E-state index contributed by atoms with van der Waals surface area (Å²) < 4.78 is 0. The van der Waals surface area contributed by atoms with Crippen LogP contribution in [0.25, 0.3) is 0 Å². The summed E-state index contributed by atoms with van der Waals surface area (Å²) >= 11 is 0. The van der Waals surface area contributed by atoms with Crippen molar-refractivity contribution in [2.24, 2.45) is 5.41 Å². The van der Waals surface area contributed by atoms with E-state index in [1.54, 1.807) is 0 Å². The van der Waals surface area contributed by atoms with E-state index in [-0.39, 0.29) is 5.54 Å². The minimum atomic E-state index is 0.153. The first-order chi connectivity index (χ1) is 8.32. The van der Waals surface area contributed by atoms with Crippen molar-refractivity contribution >= 4 is 5.69 Å². The van der Waals surface area contributed by atoms with Crippen molar-refractivity contribution in [3.8, 4) is 0 Å². The molecule has 1 N–H and O–H groups in total. The number of para-hydroxylation sites is 1. The number of benzene rings is 1. The van der Waals surface area contributed by atoms with Crippen LogP contribution in [0.5, 0.6) is 0 Å². The minimum Gasteiger partial charge on any atom is -0.364 e. The molecular weight excluding hydrogens is 220 g/mol. The topological polar surface area (TPSA) is 15.3 Å². The van der Waals surface area contributed by atoms with Crippen LogP contribution in [0.3, 0.4) is 0 Å². The van der Waals surface area contributed by atoms with E-state index in [4.69, 9.17) is 0 Å². The van der Waals surface area contributed by atoms with Gasteiger partial charge in [0.25, 0.3) is 0 Å². The zero-order valence-electron chi connectivity index (χ0n) is 12.4. The summed E-state index contributed by atoms with van der Waals surface area (Å²) in [6.45, 7) is 14.7. The van der Waals surface area contributed by atoms with Gasteiger partial charge in [0, 0.05) is 30.9 Å². The average molecular weight is 246 g/mol. The van der Waals surface area contributed by atoms with E-state index in [0.717, 1.165) is 19.6 Å². The summed E-state index contributed by atoms with van der Waals surface area (Å²) in [5, 5.41) is 3.61. The Hall–Kier alpha value is -1.02. The number of nitrogens with zero attached hydrogens (tertiary/aromatic N) is 1. The molecule has 2 rings (SSSR count). The molecular formula is C16H26N2. The quantitative estimate of drug-likeness (QED) is 0.818. The van der Waals surface area contributed by atoms with Gasteiger partial charge in [-0.3, -0.25) is 0 Å². The Morgan fingerprint density at radius 2 is 1.72 bits per heavy atom. The highest BCUT2D eigenvalue weighted by Gasteiger charge is 2.35. The Morgan fingerprint density at radius 3 is 2.39 bits per heavy atom. The molecule has 1 aliphatic rings. The Bertz CT molecular complexity index is 421. The monoisotopic (exact) mass is 246 g/mol. The molecule has 2 nitrogen and oxygen atoms in total. The van der Waals surface area contributed by atoms with Crippen molar-refractivity contribution in [2.45, 2.75) is 40.2 Å². The molecule has 18 heavy (non-hydrogen) atoms. The summed E-state index contributed by atoms with van der Waals surface area (Å²) in [5.41, 5.74) is 3.19. The molecule has 100 valence electrons. The Balaban J connectivity index is 2.41. The second-order valence-electron chi connectivity index (χ2n) is 6.95. The molecule has 0 unspecified atom stereocenters. The Kier molecular flexibility index (Phi) is 3.41. The van der Waals surface area contributed by atoms with Gasteiger partial charge in [0.15, 0.2) is 0 Å². The second kappa shape index (κ2) is 4.58. The molecule has 0 amide bonds. The summed E-state index contributed by atoms with van der Waals surface area (Å²) in [7, 11) is 0. The molecule has 0 bridgehead atoms. The van der Waals surface area contributed by atoms with Gasteiger partial charge in [-0.1, -0.05) is 32.0 Å². The van der Waals surface area contributed by atoms with Crippen LogP contribution >= 0.6 is 0 Å². The molecule has 1 aromatic carbocycles. The number of hydrogen-bond donors (Lipinski definition) is 1. The maximum absolute atomic E-state index is 3.61. The van der Waals surface area contributed by atoms with Crippen LogP contribution in [-0.2, 0) is 0 Å². The van der Waals surface area contributed by atoms with Crippen molar-refractivity contribution in [2.75, 3.05) is 24.5 Å². The SMILES string of the molecule is Cc1ccccc1N1CC(C)(C)CNCC1(C)C. The van der Waals surface area contributed by atoms with E-state index in [2.05, 4.69) is 69.1 Å². The highest BCUT2D eigenvalue weighted by molar-refractivity contribution is 5.55. The number of nitrogens with one attached hydrogen (secondary N) is 1. The molecule has 0 atom stereocenters. The van der Waals surface area contributed by atoms with Gasteiger partial charge in [0.1, 0.15) is 0 Å². The van der Waals surface area contributed by atoms with Gasteiger partial charge >= 0.3 is 0 Å². The third-order valence-electron chi connectivity index (χ3n) is 3.88. The molecule has 1 heterocycles. The first-order valence-electron chi connectivity index (χ1n) is 6.86. The Labute approximate surface area is 111 Å². The molecule has 1 aromatic rings. The maximum atomic E-state index is 3.61. The van der Waals surface area contributed by atoms with Crippen molar-refractivity contribution in [1.82, 2.24) is 5.32 Å². The van der Waals surface area contributed by atoms with E-state index >= 15 is 0 Å². The standard InChI is InChI=1S/C16H26N2/c1-13-8-6-7-9-14(13)18-12-15(2,3)10-17-11-16(18,4)5/h6-9,17H,10-12H2,1-5H3. The summed E-state index contributed by atoms with van der Waals surface area (Å²) in [6.07, 6.45) is 0. The third kappa shape index (κ3) is 2.69. The van der Waals surface area contributed by atoms with Crippen molar-refractivity contribution < 1.29 is 0 Å². The lowest BCUT2D eigenvalue weighted by molar-refractivity contribution is 0.365. The Morgan fingerprint density at radius 1 is 1.06 bits per heavy atom. The van der Waals surface area contributed by atoms with Crippen LogP contribution in [0.2, 0.25) is 0 Å². The van der Waals surface area contributed by atoms with Crippen LogP contribution in [0.15, 0.2) is 24.3 Å². The van der Waals surface area contributed by atoms with Crippen LogP contribution in [0.1, 0.15) is 33.3 Å². The van der Waals surface area contributed by atoms with E-state index in [9.17, 15) is 0 Å². The van der Waals surface area contributed by atoms with Crippen LogP contribution < -0.4 is 10.2 Å². The van der Waals surface area contributed by atoms with Crippen LogP contribution in [-0.4, -0.2) is 25.2 Å². The van der Waals surface area contributed by atoms with Crippen LogP contribution in [0, 0.1) is 12.3 Å². The van der Waals surface area contributed by atoms with Gasteiger partial charge in [-0.25, -0.2) is 0 Å². The summed E-state index contributed by atoms with van der Waals surface area (Å²) in [4.78, 5) is 2.57. The summed E-state index contributed by atoms with van der Waals surface area (Å²) in [6, 6.07) is 8.71. The number of hydrogen-bond acceptors (Lipinski definition) is 2. The minimum absolute atomic E-state index is 0.153. The predicted molar refractivity (Wildman–Crippen MR) is 79.3 cm³/mol. The predicted octanol–water partition coefficient (Wildman–Crippen LogP) is 3.21. The first kappa shape index (κ1) is 13.4. The van der Waals surface area contributed by atoms with Gasteiger partial charge in [0.2, 0.25) is 0 Å². The fraction of sp³-hybridized carbons (Fsp3) is 0.625. The van der Waals surface area contributed by atoms with Gasteiger partial charge in [-0.05, 0) is 37.8 Å². The van der Waals surface area contributed by atoms with Crippen molar-refractivity contribution in [1.29, 1.82) is 0 Å². The molecule has 0 saturated carbocycles. The zero-order valence-corrected chi connectivity index (χ0v) is 12.4. The highest BCUT2D eigenvalue weighted by Crippen LogP contribution is 2.32. The van der Waals surface area contributed by atoms with Gasteiger partial charge < -0.3 is 10.2 Å². The van der Waals surface area contributed by atoms with Crippen molar-refractivity contribution in [3.05, 3.63) is 29.8 Å². The number of rotatable bonds is 1. The number of aryl methyl sites for hydroxylation is 1. The fourth-order valence-electron chi connectivity index (χ4n) is 2.78. The largest absolute Gasteiger partial charge is 0.364 e. The highest BCUT2D eigenvalue weighted by atomic mass is 15.2. The average Bonchev–Trinajstić information content (AvgIpc) is 2.36. The van der Waals surface area contributed by atoms with Gasteiger partial charge in [-0.15, -0.1) is 0 Å². The summed E-state index contributed by atoms with van der Waals surface area (Å²) in [5.74, 6) is 0. The molecule has 1 fully saturated rings. The number of anilines is 1. The van der Waals surface area contributed by atoms with Gasteiger partial charge in [0.05, 0.1) is 0 Å². The molecule has 1 aliphatic heterocycles.